The van der Waals surface area contributed by atoms with Crippen LogP contribution in [0.15, 0.2) is 29.2 Å². The third-order valence-corrected chi connectivity index (χ3v) is 4.17. The normalized spacial score (nSPS) is 11.8. The molecule has 0 radical (unpaired) electrons. The summed E-state index contributed by atoms with van der Waals surface area (Å²) in [4.78, 5) is 12.1. The molecule has 1 aromatic carbocycles. The highest BCUT2D eigenvalue weighted by molar-refractivity contribution is 7.89. The molecule has 8 nitrogen and oxygen atoms in total. The molecule has 0 aliphatic heterocycles. The first kappa shape index (κ1) is 16.5. The zero-order valence-electron chi connectivity index (χ0n) is 11.2. The van der Waals surface area contributed by atoms with Gasteiger partial charge in [0.1, 0.15) is 0 Å². The van der Waals surface area contributed by atoms with Crippen molar-refractivity contribution >= 4 is 15.7 Å². The Hall–Kier alpha value is -1.55. The van der Waals surface area contributed by atoms with Crippen molar-refractivity contribution < 1.29 is 18.5 Å². The molecule has 0 heterocycles. The number of hydrogen-bond acceptors (Lipinski definition) is 5. The molecule has 1 rings (SSSR count). The summed E-state index contributed by atoms with van der Waals surface area (Å²) < 4.78 is 26.5. The van der Waals surface area contributed by atoms with Gasteiger partial charge in [-0.05, 0) is 13.1 Å². The van der Waals surface area contributed by atoms with Crippen LogP contribution in [0.1, 0.15) is 0 Å². The summed E-state index contributed by atoms with van der Waals surface area (Å²) in [6.45, 7) is 1.81. The number of nitrogens with zero attached hydrogens (tertiary/aromatic N) is 2. The van der Waals surface area contributed by atoms with Crippen LogP contribution in [-0.2, 0) is 10.0 Å². The number of benzene rings is 1. The maximum absolute atomic E-state index is 12.1. The van der Waals surface area contributed by atoms with Gasteiger partial charge < -0.3 is 10.6 Å². The van der Waals surface area contributed by atoms with Gasteiger partial charge in [-0.15, -0.1) is 0 Å². The first-order chi connectivity index (χ1) is 9.38. The highest BCUT2D eigenvalue weighted by atomic mass is 32.2. The third kappa shape index (κ3) is 4.53. The number of rotatable bonds is 8. The van der Waals surface area contributed by atoms with E-state index in [-0.39, 0.29) is 17.1 Å². The van der Waals surface area contributed by atoms with E-state index in [4.69, 9.17) is 10.9 Å². The lowest BCUT2D eigenvalue weighted by molar-refractivity contribution is -0.731. The number of hydrogen-bond donors (Lipinski definition) is 3. The van der Waals surface area contributed by atoms with Gasteiger partial charge in [-0.2, -0.15) is 0 Å². The van der Waals surface area contributed by atoms with Gasteiger partial charge in [-0.3, -0.25) is 0 Å². The van der Waals surface area contributed by atoms with Crippen LogP contribution in [0.5, 0.6) is 0 Å². The average molecular weight is 303 g/mol. The van der Waals surface area contributed by atoms with E-state index in [0.29, 0.717) is 19.6 Å². The van der Waals surface area contributed by atoms with Crippen LogP contribution < -0.4 is 10.5 Å². The summed E-state index contributed by atoms with van der Waals surface area (Å²) >= 11 is 0. The van der Waals surface area contributed by atoms with Gasteiger partial charge in [0.25, 0.3) is 4.92 Å². The monoisotopic (exact) mass is 303 g/mol. The largest absolute Gasteiger partial charge is 0.336 e. The van der Waals surface area contributed by atoms with Crippen LogP contribution in [0.3, 0.4) is 0 Å². The van der Waals surface area contributed by atoms with Crippen LogP contribution in [0.25, 0.3) is 0 Å². The fourth-order valence-corrected chi connectivity index (χ4v) is 2.82. The average Bonchev–Trinajstić information content (AvgIpc) is 2.38. The standard InChI is InChI=1S/C11H19N4O4S/c1-14(8-6-12)9-7-13-20(18,19)11-5-3-2-4-10(11)15(16)17/h2-5,13H,6-9,12H2,1H3,(H,16,17)/q+1. The summed E-state index contributed by atoms with van der Waals surface area (Å²) in [5.41, 5.74) is 5.06. The molecule has 1 aromatic rings. The molecule has 0 aliphatic carbocycles. The Labute approximate surface area is 117 Å². The van der Waals surface area contributed by atoms with Crippen molar-refractivity contribution in [2.75, 3.05) is 33.2 Å². The molecule has 0 aliphatic rings. The predicted molar refractivity (Wildman–Crippen MR) is 73.3 cm³/mol. The molecule has 0 saturated carbocycles. The van der Waals surface area contributed by atoms with E-state index in [1.807, 2.05) is 11.9 Å². The Kier molecular flexibility index (Phi) is 6.02. The molecule has 112 valence electrons. The molecule has 0 fully saturated rings. The van der Waals surface area contributed by atoms with Gasteiger partial charge in [0.05, 0.1) is 4.91 Å². The fraction of sp³-hybridized carbons (Fsp3) is 0.455. The zero-order valence-corrected chi connectivity index (χ0v) is 12.0. The Morgan fingerprint density at radius 1 is 1.35 bits per heavy atom. The molecular formula is C11H19N4O4S+. The van der Waals surface area contributed by atoms with Crippen molar-refractivity contribution in [2.45, 2.75) is 4.90 Å². The first-order valence-electron chi connectivity index (χ1n) is 6.02. The van der Waals surface area contributed by atoms with Crippen molar-refractivity contribution in [1.29, 1.82) is 0 Å². The molecule has 9 heteroatoms. The Morgan fingerprint density at radius 2 is 2.00 bits per heavy atom. The van der Waals surface area contributed by atoms with Gasteiger partial charge in [0.15, 0.2) is 4.90 Å². The second kappa shape index (κ2) is 7.29. The van der Waals surface area contributed by atoms with Crippen LogP contribution in [-0.4, -0.2) is 56.7 Å². The van der Waals surface area contributed by atoms with E-state index in [2.05, 4.69) is 4.72 Å². The van der Waals surface area contributed by atoms with E-state index in [1.54, 1.807) is 0 Å². The van der Waals surface area contributed by atoms with Crippen LogP contribution in [0.2, 0.25) is 0 Å². The van der Waals surface area contributed by atoms with Crippen molar-refractivity contribution in [1.82, 2.24) is 9.62 Å². The lowest BCUT2D eigenvalue weighted by atomic mass is 10.3. The minimum absolute atomic E-state index is 0.178. The predicted octanol–water partition coefficient (Wildman–Crippen LogP) is -0.345. The maximum atomic E-state index is 12.1. The number of para-hydroxylation sites is 1. The smallest absolute Gasteiger partial charge is 0.329 e. The van der Waals surface area contributed by atoms with Crippen molar-refractivity contribution in [3.63, 3.8) is 0 Å². The topological polar surface area (TPSA) is 116 Å². The molecule has 0 saturated heterocycles. The van der Waals surface area contributed by atoms with Gasteiger partial charge in [0.2, 0.25) is 10.0 Å². The van der Waals surface area contributed by atoms with Crippen LogP contribution in [0.4, 0.5) is 5.69 Å². The van der Waals surface area contributed by atoms with Crippen molar-refractivity contribution in [3.8, 4) is 0 Å². The lowest BCUT2D eigenvalue weighted by Gasteiger charge is -2.15. The number of nitrogens with one attached hydrogen (secondary N) is 1. The van der Waals surface area contributed by atoms with Crippen LogP contribution in [0, 0.1) is 4.91 Å². The second-order valence-electron chi connectivity index (χ2n) is 4.23. The van der Waals surface area contributed by atoms with E-state index in [0.717, 1.165) is 0 Å². The van der Waals surface area contributed by atoms with E-state index in [9.17, 15) is 13.3 Å². The van der Waals surface area contributed by atoms with E-state index in [1.165, 1.54) is 24.3 Å². The van der Waals surface area contributed by atoms with Crippen molar-refractivity contribution in [3.05, 3.63) is 29.2 Å². The number of sulfonamides is 1. The van der Waals surface area contributed by atoms with E-state index < -0.39 is 14.9 Å². The van der Waals surface area contributed by atoms with Gasteiger partial charge in [0, 0.05) is 32.2 Å². The summed E-state index contributed by atoms with van der Waals surface area (Å²) in [6.07, 6.45) is 0. The summed E-state index contributed by atoms with van der Waals surface area (Å²) in [7, 11) is -2.03. The minimum Gasteiger partial charge on any atom is -0.329 e. The summed E-state index contributed by atoms with van der Waals surface area (Å²) in [5, 5.41) is 8.91. The summed E-state index contributed by atoms with van der Waals surface area (Å²) in [6, 6.07) is 5.41. The zero-order chi connectivity index (χ0) is 15.2. The highest BCUT2D eigenvalue weighted by Gasteiger charge is 2.27. The fourth-order valence-electron chi connectivity index (χ4n) is 1.62. The molecule has 20 heavy (non-hydrogen) atoms. The van der Waals surface area contributed by atoms with E-state index >= 15 is 0 Å². The lowest BCUT2D eigenvalue weighted by Crippen LogP contribution is -2.35. The first-order valence-corrected chi connectivity index (χ1v) is 7.50. The van der Waals surface area contributed by atoms with Gasteiger partial charge >= 0.3 is 5.69 Å². The van der Waals surface area contributed by atoms with Crippen molar-refractivity contribution in [2.24, 2.45) is 5.73 Å². The Morgan fingerprint density at radius 3 is 2.60 bits per heavy atom. The quantitative estimate of drug-likeness (QED) is 0.566. The molecule has 0 bridgehead atoms. The highest BCUT2D eigenvalue weighted by Crippen LogP contribution is 2.21. The second-order valence-corrected chi connectivity index (χ2v) is 5.97. The van der Waals surface area contributed by atoms with Gasteiger partial charge in [-0.25, -0.2) is 18.3 Å². The molecule has 0 amide bonds. The molecular weight excluding hydrogens is 284 g/mol. The molecule has 4 N–H and O–H groups in total. The summed E-state index contributed by atoms with van der Waals surface area (Å²) in [5.74, 6) is 0. The maximum Gasteiger partial charge on any atom is 0.336 e. The SMILES string of the molecule is CN(CCN)CCNS(=O)(=O)c1ccccc1[N+](=O)O. The molecule has 0 atom stereocenters. The number of likely N-dealkylation sites (N-methyl/N-ethyl adjacent to an activating group) is 1. The molecule has 0 unspecified atom stereocenters. The minimum atomic E-state index is -3.86. The Bertz CT molecular complexity index is 561. The third-order valence-electron chi connectivity index (χ3n) is 2.66. The number of nitrogens with two attached hydrogens (primary N) is 1. The van der Waals surface area contributed by atoms with Gasteiger partial charge in [-0.1, -0.05) is 12.1 Å². The molecule has 0 aromatic heterocycles. The molecule has 0 spiro atoms. The van der Waals surface area contributed by atoms with Crippen LogP contribution >= 0.6 is 0 Å². The Balaban J connectivity index is 2.77.